The molecule has 0 aliphatic rings. The zero-order valence-corrected chi connectivity index (χ0v) is 16.8. The van der Waals surface area contributed by atoms with E-state index in [0.717, 1.165) is 5.56 Å². The molecule has 2 aromatic carbocycles. The van der Waals surface area contributed by atoms with E-state index in [1.807, 2.05) is 13.0 Å². The van der Waals surface area contributed by atoms with Crippen molar-refractivity contribution in [1.82, 2.24) is 10.3 Å². The Morgan fingerprint density at radius 3 is 2.36 bits per heavy atom. The van der Waals surface area contributed by atoms with Crippen LogP contribution in [0.1, 0.15) is 18.9 Å². The lowest BCUT2D eigenvalue weighted by atomic mass is 10.1. The molecule has 0 aliphatic carbocycles. The van der Waals surface area contributed by atoms with Gasteiger partial charge in [-0.25, -0.2) is 8.42 Å². The minimum Gasteiger partial charge on any atom is -0.494 e. The van der Waals surface area contributed by atoms with Crippen LogP contribution in [0.2, 0.25) is 0 Å². The maximum Gasteiger partial charge on any atom is 0.257 e. The van der Waals surface area contributed by atoms with Crippen molar-refractivity contribution in [2.75, 3.05) is 20.8 Å². The number of para-hydroxylation sites is 1. The monoisotopic (exact) mass is 408 g/mol. The van der Waals surface area contributed by atoms with Crippen molar-refractivity contribution in [3.63, 3.8) is 0 Å². The van der Waals surface area contributed by atoms with Gasteiger partial charge >= 0.3 is 0 Å². The molecule has 0 saturated carbocycles. The molecular formula is C19H24N2O6S. The minimum absolute atomic E-state index is 0.0192. The Hall–Kier alpha value is -2.78. The lowest BCUT2D eigenvalue weighted by molar-refractivity contribution is -0.121. The van der Waals surface area contributed by atoms with Crippen molar-refractivity contribution < 1.29 is 27.4 Å². The molecule has 8 nitrogen and oxygen atoms in total. The topological polar surface area (TPSA) is 103 Å². The van der Waals surface area contributed by atoms with Gasteiger partial charge in [0.25, 0.3) is 10.0 Å². The highest BCUT2D eigenvalue weighted by molar-refractivity contribution is 7.89. The van der Waals surface area contributed by atoms with Crippen molar-refractivity contribution >= 4 is 15.9 Å². The van der Waals surface area contributed by atoms with Gasteiger partial charge in [-0.15, -0.1) is 4.83 Å². The van der Waals surface area contributed by atoms with E-state index >= 15 is 0 Å². The predicted molar refractivity (Wildman–Crippen MR) is 104 cm³/mol. The van der Waals surface area contributed by atoms with E-state index in [1.165, 1.54) is 26.4 Å². The number of rotatable bonds is 10. The molecule has 0 radical (unpaired) electrons. The minimum atomic E-state index is -3.88. The molecule has 9 heteroatoms. The fraction of sp³-hybridized carbons (Fsp3) is 0.316. The number of sulfonamides is 1. The lowest BCUT2D eigenvalue weighted by Crippen LogP contribution is -2.41. The Kier molecular flexibility index (Phi) is 7.65. The summed E-state index contributed by atoms with van der Waals surface area (Å²) in [5, 5.41) is 0. The number of nitrogens with one attached hydrogen (secondary N) is 2. The van der Waals surface area contributed by atoms with Gasteiger partial charge in [0.1, 0.15) is 5.75 Å². The summed E-state index contributed by atoms with van der Waals surface area (Å²) in [7, 11) is -0.824. The molecule has 28 heavy (non-hydrogen) atoms. The molecule has 0 heterocycles. The van der Waals surface area contributed by atoms with Crippen molar-refractivity contribution in [2.24, 2.45) is 0 Å². The SMILES string of the molecule is CCOc1ccc(S(=O)(=O)NNC(=O)CCc2cccc(OC)c2OC)cc1. The summed E-state index contributed by atoms with van der Waals surface area (Å²) in [6.07, 6.45) is 0.423. The second kappa shape index (κ2) is 9.95. The van der Waals surface area contributed by atoms with Crippen LogP contribution in [0.4, 0.5) is 0 Å². The summed E-state index contributed by atoms with van der Waals surface area (Å²) in [4.78, 5) is 14.2. The summed E-state index contributed by atoms with van der Waals surface area (Å²) < 4.78 is 40.3. The van der Waals surface area contributed by atoms with Gasteiger partial charge in [0.2, 0.25) is 5.91 Å². The van der Waals surface area contributed by atoms with Crippen molar-refractivity contribution in [3.8, 4) is 17.2 Å². The standard InChI is InChI=1S/C19H24N2O6S/c1-4-27-15-9-11-16(12-10-15)28(23,24)21-20-18(22)13-8-14-6-5-7-17(25-2)19(14)26-3/h5-7,9-12,21H,4,8,13H2,1-3H3,(H,20,22). The number of amides is 1. The molecule has 0 saturated heterocycles. The van der Waals surface area contributed by atoms with Crippen LogP contribution >= 0.6 is 0 Å². The van der Waals surface area contributed by atoms with Crippen LogP contribution in [-0.4, -0.2) is 35.2 Å². The van der Waals surface area contributed by atoms with Gasteiger partial charge in [-0.1, -0.05) is 12.1 Å². The van der Waals surface area contributed by atoms with Crippen LogP contribution in [0.25, 0.3) is 0 Å². The zero-order valence-electron chi connectivity index (χ0n) is 16.0. The number of hydrogen-bond donors (Lipinski definition) is 2. The summed E-state index contributed by atoms with van der Waals surface area (Å²) in [6, 6.07) is 11.3. The molecule has 0 fully saturated rings. The molecular weight excluding hydrogens is 384 g/mol. The fourth-order valence-corrected chi connectivity index (χ4v) is 3.39. The number of aryl methyl sites for hydroxylation is 1. The first-order valence-corrected chi connectivity index (χ1v) is 10.1. The first-order valence-electron chi connectivity index (χ1n) is 8.64. The van der Waals surface area contributed by atoms with Gasteiger partial charge < -0.3 is 14.2 Å². The van der Waals surface area contributed by atoms with E-state index in [4.69, 9.17) is 14.2 Å². The molecule has 0 aromatic heterocycles. The Morgan fingerprint density at radius 2 is 1.75 bits per heavy atom. The average molecular weight is 408 g/mol. The highest BCUT2D eigenvalue weighted by Gasteiger charge is 2.16. The number of carbonyl (C=O) groups is 1. The molecule has 0 atom stereocenters. The molecule has 2 rings (SSSR count). The number of carbonyl (C=O) groups excluding carboxylic acids is 1. The first kappa shape index (κ1) is 21.5. The molecule has 1 amide bonds. The highest BCUT2D eigenvalue weighted by Crippen LogP contribution is 2.31. The van der Waals surface area contributed by atoms with Crippen molar-refractivity contribution in [2.45, 2.75) is 24.7 Å². The number of hydrazine groups is 1. The number of methoxy groups -OCH3 is 2. The van der Waals surface area contributed by atoms with Crippen LogP contribution in [-0.2, 0) is 21.2 Å². The Bertz CT molecular complexity index is 897. The lowest BCUT2D eigenvalue weighted by Gasteiger charge is -2.13. The van der Waals surface area contributed by atoms with E-state index in [0.29, 0.717) is 30.3 Å². The van der Waals surface area contributed by atoms with Gasteiger partial charge in [0.05, 0.1) is 25.7 Å². The molecule has 0 unspecified atom stereocenters. The largest absolute Gasteiger partial charge is 0.494 e. The maximum absolute atomic E-state index is 12.3. The number of benzene rings is 2. The predicted octanol–water partition coefficient (Wildman–Crippen LogP) is 2.04. The third-order valence-corrected chi connectivity index (χ3v) is 5.14. The quantitative estimate of drug-likeness (QED) is 0.583. The van der Waals surface area contributed by atoms with Crippen LogP contribution < -0.4 is 24.5 Å². The second-order valence-electron chi connectivity index (χ2n) is 5.71. The Balaban J connectivity index is 1.93. The summed E-state index contributed by atoms with van der Waals surface area (Å²) in [6.45, 7) is 2.32. The van der Waals surface area contributed by atoms with Crippen LogP contribution in [0, 0.1) is 0 Å². The van der Waals surface area contributed by atoms with Gasteiger partial charge in [-0.2, -0.15) is 0 Å². The zero-order chi connectivity index (χ0) is 20.6. The van der Waals surface area contributed by atoms with Gasteiger partial charge in [0.15, 0.2) is 11.5 Å². The number of hydrogen-bond acceptors (Lipinski definition) is 6. The van der Waals surface area contributed by atoms with Crippen LogP contribution in [0.3, 0.4) is 0 Å². The van der Waals surface area contributed by atoms with E-state index in [2.05, 4.69) is 10.3 Å². The molecule has 0 spiro atoms. The second-order valence-corrected chi connectivity index (χ2v) is 7.39. The highest BCUT2D eigenvalue weighted by atomic mass is 32.2. The fourth-order valence-electron chi connectivity index (χ4n) is 2.53. The van der Waals surface area contributed by atoms with Gasteiger partial charge in [-0.05, 0) is 49.2 Å². The first-order chi connectivity index (χ1) is 13.4. The van der Waals surface area contributed by atoms with E-state index < -0.39 is 15.9 Å². The third kappa shape index (κ3) is 5.61. The summed E-state index contributed by atoms with van der Waals surface area (Å²) in [5.74, 6) is 1.21. The molecule has 2 aromatic rings. The van der Waals surface area contributed by atoms with Crippen molar-refractivity contribution in [3.05, 3.63) is 48.0 Å². The van der Waals surface area contributed by atoms with Gasteiger partial charge in [0, 0.05) is 6.42 Å². The van der Waals surface area contributed by atoms with Crippen LogP contribution in [0.5, 0.6) is 17.2 Å². The van der Waals surface area contributed by atoms with E-state index in [-0.39, 0.29) is 11.3 Å². The van der Waals surface area contributed by atoms with Gasteiger partial charge in [-0.3, -0.25) is 10.2 Å². The molecule has 0 aliphatic heterocycles. The summed E-state index contributed by atoms with van der Waals surface area (Å²) >= 11 is 0. The average Bonchev–Trinajstić information content (AvgIpc) is 2.71. The van der Waals surface area contributed by atoms with Crippen molar-refractivity contribution in [1.29, 1.82) is 0 Å². The molecule has 2 N–H and O–H groups in total. The smallest absolute Gasteiger partial charge is 0.257 e. The van der Waals surface area contributed by atoms with E-state index in [9.17, 15) is 13.2 Å². The normalized spacial score (nSPS) is 11.0. The molecule has 0 bridgehead atoms. The number of ether oxygens (including phenoxy) is 3. The maximum atomic E-state index is 12.3. The van der Waals surface area contributed by atoms with E-state index in [1.54, 1.807) is 24.3 Å². The van der Waals surface area contributed by atoms with Crippen LogP contribution in [0.15, 0.2) is 47.4 Å². The molecule has 152 valence electrons. The third-order valence-electron chi connectivity index (χ3n) is 3.88. The Labute approximate surface area is 164 Å². The Morgan fingerprint density at radius 1 is 1.04 bits per heavy atom. The summed E-state index contributed by atoms with van der Waals surface area (Å²) in [5.41, 5.74) is 3.00.